The molecule has 0 aliphatic rings. The largest absolute Gasteiger partial charge is 0.296 e. The van der Waals surface area contributed by atoms with E-state index in [9.17, 15) is 18.5 Å². The van der Waals surface area contributed by atoms with Gasteiger partial charge in [-0.2, -0.15) is 0 Å². The van der Waals surface area contributed by atoms with Crippen LogP contribution in [0.5, 0.6) is 0 Å². The molecule has 0 aliphatic carbocycles. The van der Waals surface area contributed by atoms with Gasteiger partial charge >= 0.3 is 0 Å². The fourth-order valence-corrected chi connectivity index (χ4v) is 5.73. The van der Waals surface area contributed by atoms with Gasteiger partial charge in [0.25, 0.3) is 5.69 Å². The quantitative estimate of drug-likeness (QED) is 0.316. The number of aromatic nitrogens is 2. The lowest BCUT2D eigenvalue weighted by Crippen LogP contribution is -2.00. The van der Waals surface area contributed by atoms with Crippen molar-refractivity contribution in [2.75, 3.05) is 0 Å². The number of hydrogen-bond acceptors (Lipinski definition) is 6. The Kier molecular flexibility index (Phi) is 4.62. The van der Waals surface area contributed by atoms with Crippen molar-refractivity contribution in [3.05, 3.63) is 75.0 Å². The SMILES string of the molecule is O=[N+]([O-])c1ccc(S(=O)(=O)c2cn3cc(-c4ccc(Cl)cc4Cl)nc3s2)cc1. The van der Waals surface area contributed by atoms with Crippen molar-refractivity contribution < 1.29 is 13.3 Å². The molecule has 0 atom stereocenters. The third-order valence-corrected chi connectivity index (χ3v) is 7.74. The van der Waals surface area contributed by atoms with Crippen molar-refractivity contribution in [1.29, 1.82) is 0 Å². The van der Waals surface area contributed by atoms with E-state index in [0.29, 0.717) is 26.3 Å². The van der Waals surface area contributed by atoms with E-state index in [1.165, 1.54) is 18.3 Å². The zero-order chi connectivity index (χ0) is 20.1. The molecule has 4 aromatic rings. The van der Waals surface area contributed by atoms with Crippen molar-refractivity contribution in [1.82, 2.24) is 9.38 Å². The predicted octanol–water partition coefficient (Wildman–Crippen LogP) is 5.11. The Hall–Kier alpha value is -2.46. The molecule has 142 valence electrons. The van der Waals surface area contributed by atoms with Crippen molar-refractivity contribution >= 4 is 55.0 Å². The van der Waals surface area contributed by atoms with Crippen LogP contribution in [0.3, 0.4) is 0 Å². The van der Waals surface area contributed by atoms with Crippen LogP contribution in [0.25, 0.3) is 16.2 Å². The lowest BCUT2D eigenvalue weighted by Gasteiger charge is -2.01. The number of nitrogens with zero attached hydrogens (tertiary/aromatic N) is 3. The van der Waals surface area contributed by atoms with E-state index in [2.05, 4.69) is 4.98 Å². The van der Waals surface area contributed by atoms with Gasteiger partial charge in [0, 0.05) is 35.1 Å². The van der Waals surface area contributed by atoms with E-state index in [1.54, 1.807) is 28.8 Å². The number of thiazole rings is 1. The number of rotatable bonds is 4. The number of non-ortho nitro benzene ring substituents is 1. The van der Waals surface area contributed by atoms with Gasteiger partial charge in [-0.25, -0.2) is 13.4 Å². The van der Waals surface area contributed by atoms with Crippen LogP contribution >= 0.6 is 34.5 Å². The summed E-state index contributed by atoms with van der Waals surface area (Å²) in [5, 5.41) is 11.7. The normalized spacial score (nSPS) is 11.8. The molecule has 7 nitrogen and oxygen atoms in total. The van der Waals surface area contributed by atoms with Crippen LogP contribution < -0.4 is 0 Å². The van der Waals surface area contributed by atoms with Crippen molar-refractivity contribution in [3.63, 3.8) is 0 Å². The van der Waals surface area contributed by atoms with Crippen molar-refractivity contribution in [3.8, 4) is 11.3 Å². The maximum Gasteiger partial charge on any atom is 0.269 e. The Morgan fingerprint density at radius 2 is 1.79 bits per heavy atom. The molecule has 0 saturated heterocycles. The van der Waals surface area contributed by atoms with Gasteiger partial charge in [-0.1, -0.05) is 34.5 Å². The molecular formula is C17H9Cl2N3O4S2. The molecule has 2 heterocycles. The summed E-state index contributed by atoms with van der Waals surface area (Å²) < 4.78 is 27.3. The molecule has 0 N–H and O–H groups in total. The van der Waals surface area contributed by atoms with Crippen LogP contribution in [0.1, 0.15) is 0 Å². The number of nitro groups is 1. The number of nitro benzene ring substituents is 1. The summed E-state index contributed by atoms with van der Waals surface area (Å²) in [7, 11) is -3.81. The number of benzene rings is 2. The third-order valence-electron chi connectivity index (χ3n) is 3.96. The van der Waals surface area contributed by atoms with Crippen molar-refractivity contribution in [2.45, 2.75) is 9.10 Å². The zero-order valence-electron chi connectivity index (χ0n) is 13.7. The molecule has 28 heavy (non-hydrogen) atoms. The van der Waals surface area contributed by atoms with E-state index in [0.717, 1.165) is 23.5 Å². The standard InChI is InChI=1S/C17H9Cl2N3O4S2/c18-10-1-6-13(14(19)7-10)15-8-21-9-16(27-17(21)20-15)28(25,26)12-4-2-11(3-5-12)22(23)24/h1-9H. The van der Waals surface area contributed by atoms with Gasteiger partial charge in [-0.05, 0) is 30.3 Å². The summed E-state index contributed by atoms with van der Waals surface area (Å²) in [5.74, 6) is 0. The molecule has 0 aliphatic heterocycles. The minimum atomic E-state index is -3.81. The molecule has 2 aromatic carbocycles. The second kappa shape index (κ2) is 6.85. The molecule has 0 bridgehead atoms. The second-order valence-electron chi connectivity index (χ2n) is 5.74. The highest BCUT2D eigenvalue weighted by molar-refractivity contribution is 7.93. The van der Waals surface area contributed by atoms with Gasteiger partial charge in [-0.15, -0.1) is 0 Å². The summed E-state index contributed by atoms with van der Waals surface area (Å²) in [6.07, 6.45) is 3.13. The first-order valence-electron chi connectivity index (χ1n) is 7.69. The molecule has 4 rings (SSSR count). The number of hydrogen-bond donors (Lipinski definition) is 0. The topological polar surface area (TPSA) is 94.6 Å². The fraction of sp³-hybridized carbons (Fsp3) is 0. The third kappa shape index (κ3) is 3.26. The fourth-order valence-electron chi connectivity index (χ4n) is 2.59. The van der Waals surface area contributed by atoms with E-state index in [-0.39, 0.29) is 14.8 Å². The number of imidazole rings is 1. The maximum atomic E-state index is 12.8. The van der Waals surface area contributed by atoms with Gasteiger partial charge in [-0.3, -0.25) is 14.5 Å². The van der Waals surface area contributed by atoms with Gasteiger partial charge in [0.05, 0.1) is 20.5 Å². The lowest BCUT2D eigenvalue weighted by atomic mass is 10.2. The highest BCUT2D eigenvalue weighted by atomic mass is 35.5. The minimum Gasteiger partial charge on any atom is -0.296 e. The van der Waals surface area contributed by atoms with E-state index in [4.69, 9.17) is 23.2 Å². The van der Waals surface area contributed by atoms with Crippen molar-refractivity contribution in [2.24, 2.45) is 0 Å². The van der Waals surface area contributed by atoms with Gasteiger partial charge in [0.1, 0.15) is 4.21 Å². The molecule has 0 amide bonds. The maximum absolute atomic E-state index is 12.8. The Morgan fingerprint density at radius 1 is 1.07 bits per heavy atom. The van der Waals surface area contributed by atoms with E-state index < -0.39 is 14.8 Å². The highest BCUT2D eigenvalue weighted by Gasteiger charge is 2.23. The Balaban J connectivity index is 1.72. The predicted molar refractivity (Wildman–Crippen MR) is 107 cm³/mol. The summed E-state index contributed by atoms with van der Waals surface area (Å²) in [6, 6.07) is 9.80. The molecule has 11 heteroatoms. The van der Waals surface area contributed by atoms with Crippen LogP contribution in [0.15, 0.2) is 64.0 Å². The average molecular weight is 454 g/mol. The lowest BCUT2D eigenvalue weighted by molar-refractivity contribution is -0.384. The molecule has 0 radical (unpaired) electrons. The Morgan fingerprint density at radius 3 is 2.39 bits per heavy atom. The molecule has 0 saturated carbocycles. The summed E-state index contributed by atoms with van der Waals surface area (Å²) in [4.78, 5) is 15.0. The Bertz CT molecular complexity index is 1300. The highest BCUT2D eigenvalue weighted by Crippen LogP contribution is 2.33. The smallest absolute Gasteiger partial charge is 0.269 e. The first-order chi connectivity index (χ1) is 13.3. The number of halogens is 2. The van der Waals surface area contributed by atoms with Gasteiger partial charge < -0.3 is 0 Å². The van der Waals surface area contributed by atoms with Crippen LogP contribution in [0.4, 0.5) is 5.69 Å². The van der Waals surface area contributed by atoms with E-state index in [1.807, 2.05) is 0 Å². The molecule has 0 unspecified atom stereocenters. The van der Waals surface area contributed by atoms with Crippen LogP contribution in [0, 0.1) is 10.1 Å². The summed E-state index contributed by atoms with van der Waals surface area (Å²) in [5.41, 5.74) is 1.10. The van der Waals surface area contributed by atoms with Gasteiger partial charge in [0.2, 0.25) is 9.84 Å². The van der Waals surface area contributed by atoms with Gasteiger partial charge in [0.15, 0.2) is 4.96 Å². The van der Waals surface area contributed by atoms with Crippen LogP contribution in [-0.4, -0.2) is 22.7 Å². The second-order valence-corrected chi connectivity index (χ2v) is 9.77. The zero-order valence-corrected chi connectivity index (χ0v) is 16.9. The van der Waals surface area contributed by atoms with E-state index >= 15 is 0 Å². The monoisotopic (exact) mass is 453 g/mol. The summed E-state index contributed by atoms with van der Waals surface area (Å²) in [6.45, 7) is 0. The molecule has 2 aromatic heterocycles. The first-order valence-corrected chi connectivity index (χ1v) is 10.7. The molecule has 0 spiro atoms. The molecule has 0 fully saturated rings. The number of fused-ring (bicyclic) bond motifs is 1. The average Bonchev–Trinajstić information content (AvgIpc) is 3.21. The van der Waals surface area contributed by atoms with Crippen LogP contribution in [-0.2, 0) is 9.84 Å². The first kappa shape index (κ1) is 18.9. The number of sulfone groups is 1. The molecular weight excluding hydrogens is 445 g/mol. The summed E-state index contributed by atoms with van der Waals surface area (Å²) >= 11 is 13.1. The Labute approximate surface area is 172 Å². The minimum absolute atomic E-state index is 0.0245. The van der Waals surface area contributed by atoms with Crippen LogP contribution in [0.2, 0.25) is 10.0 Å².